The summed E-state index contributed by atoms with van der Waals surface area (Å²) in [6, 6.07) is 8.55. The molecule has 116 valence electrons. The maximum Gasteiger partial charge on any atom is 0.335 e. The molecule has 0 aromatic heterocycles. The van der Waals surface area contributed by atoms with Gasteiger partial charge < -0.3 is 14.8 Å². The number of sulfone groups is 1. The van der Waals surface area contributed by atoms with Gasteiger partial charge in [0.05, 0.1) is 14.2 Å². The molecule has 1 aromatic rings. The molecule has 0 amide bonds. The highest BCUT2D eigenvalue weighted by Crippen LogP contribution is 2.16. The van der Waals surface area contributed by atoms with Crippen molar-refractivity contribution in [2.24, 2.45) is 0 Å². The van der Waals surface area contributed by atoms with Crippen LogP contribution < -0.4 is 5.32 Å². The predicted molar refractivity (Wildman–Crippen MR) is 76.3 cm³/mol. The Labute approximate surface area is 123 Å². The summed E-state index contributed by atoms with van der Waals surface area (Å²) in [7, 11) is -2.18. The molecule has 1 unspecified atom stereocenters. The molecule has 7 nitrogen and oxygen atoms in total. The van der Waals surface area contributed by atoms with Gasteiger partial charge in [-0.2, -0.15) is 0 Å². The van der Waals surface area contributed by atoms with Gasteiger partial charge in [0.15, 0.2) is 9.84 Å². The molecule has 21 heavy (non-hydrogen) atoms. The number of anilines is 1. The van der Waals surface area contributed by atoms with Crippen molar-refractivity contribution in [1.29, 1.82) is 0 Å². The van der Waals surface area contributed by atoms with Crippen molar-refractivity contribution >= 4 is 27.5 Å². The number of carbonyl (C=O) groups is 2. The number of nitrogens with one attached hydrogen (secondary N) is 1. The van der Waals surface area contributed by atoms with Crippen LogP contribution in [-0.2, 0) is 28.9 Å². The van der Waals surface area contributed by atoms with E-state index in [-0.39, 0.29) is 0 Å². The first kappa shape index (κ1) is 17.0. The van der Waals surface area contributed by atoms with Crippen LogP contribution in [0.5, 0.6) is 0 Å². The van der Waals surface area contributed by atoms with Crippen molar-refractivity contribution in [3.8, 4) is 0 Å². The lowest BCUT2D eigenvalue weighted by molar-refractivity contribution is -0.150. The average molecular weight is 315 g/mol. The van der Waals surface area contributed by atoms with Crippen LogP contribution in [0.1, 0.15) is 6.92 Å². The van der Waals surface area contributed by atoms with Crippen molar-refractivity contribution in [2.75, 3.05) is 19.5 Å². The summed E-state index contributed by atoms with van der Waals surface area (Å²) >= 11 is 0. The van der Waals surface area contributed by atoms with Gasteiger partial charge >= 0.3 is 11.9 Å². The number of methoxy groups -OCH3 is 2. The van der Waals surface area contributed by atoms with Gasteiger partial charge in [0, 0.05) is 5.69 Å². The summed E-state index contributed by atoms with van der Waals surface area (Å²) in [6.07, 6.45) is 0. The molecule has 0 bridgehead atoms. The lowest BCUT2D eigenvalue weighted by Gasteiger charge is -2.20. The van der Waals surface area contributed by atoms with Crippen LogP contribution in [0.2, 0.25) is 0 Å². The zero-order chi connectivity index (χ0) is 16.0. The van der Waals surface area contributed by atoms with E-state index in [1.54, 1.807) is 30.3 Å². The summed E-state index contributed by atoms with van der Waals surface area (Å²) in [5.41, 5.74) is 0.544. The first-order chi connectivity index (χ1) is 9.84. The Morgan fingerprint density at radius 3 is 1.95 bits per heavy atom. The van der Waals surface area contributed by atoms with Gasteiger partial charge in [0.25, 0.3) is 5.25 Å². The van der Waals surface area contributed by atoms with Crippen molar-refractivity contribution in [3.63, 3.8) is 0 Å². The van der Waals surface area contributed by atoms with E-state index in [1.807, 2.05) is 0 Å². The molecular formula is C13H17NO6S. The predicted octanol–water partition coefficient (Wildman–Crippen LogP) is 0.574. The normalized spacial score (nSPS) is 12.6. The van der Waals surface area contributed by atoms with Gasteiger partial charge in [-0.3, -0.25) is 9.59 Å². The highest BCUT2D eigenvalue weighted by molar-refractivity contribution is 7.94. The standard InChI is InChI=1S/C13H17NO6S/c1-9(14-10-7-5-4-6-8-10)21(17,18)11(12(15)19-2)13(16)20-3/h4-9,11,14H,1-3H3. The fourth-order valence-corrected chi connectivity index (χ4v) is 3.07. The van der Waals surface area contributed by atoms with E-state index in [2.05, 4.69) is 14.8 Å². The Bertz CT molecular complexity index is 582. The van der Waals surface area contributed by atoms with Gasteiger partial charge in [-0.25, -0.2) is 8.42 Å². The third-order valence-electron chi connectivity index (χ3n) is 2.80. The molecule has 0 saturated carbocycles. The van der Waals surface area contributed by atoms with Gasteiger partial charge in [-0.05, 0) is 19.1 Å². The Morgan fingerprint density at radius 1 is 1.05 bits per heavy atom. The fourth-order valence-electron chi connectivity index (χ4n) is 1.63. The zero-order valence-corrected chi connectivity index (χ0v) is 12.7. The highest BCUT2D eigenvalue weighted by atomic mass is 32.2. The zero-order valence-electron chi connectivity index (χ0n) is 11.9. The maximum atomic E-state index is 12.4. The van der Waals surface area contributed by atoms with Crippen LogP contribution in [0.3, 0.4) is 0 Å². The summed E-state index contributed by atoms with van der Waals surface area (Å²) in [4.78, 5) is 23.2. The maximum absolute atomic E-state index is 12.4. The van der Waals surface area contributed by atoms with Crippen LogP contribution in [0, 0.1) is 0 Å². The van der Waals surface area contributed by atoms with E-state index in [0.717, 1.165) is 14.2 Å². The molecule has 8 heteroatoms. The minimum Gasteiger partial charge on any atom is -0.468 e. The third-order valence-corrected chi connectivity index (χ3v) is 4.94. The first-order valence-corrected chi connectivity index (χ1v) is 7.65. The monoisotopic (exact) mass is 315 g/mol. The molecule has 0 saturated heterocycles. The molecular weight excluding hydrogens is 298 g/mol. The molecule has 0 aliphatic carbocycles. The van der Waals surface area contributed by atoms with Gasteiger partial charge in [0.2, 0.25) is 0 Å². The molecule has 0 aliphatic heterocycles. The Kier molecular flexibility index (Phi) is 5.71. The lowest BCUT2D eigenvalue weighted by Crippen LogP contribution is -2.45. The van der Waals surface area contributed by atoms with Crippen LogP contribution in [-0.4, -0.2) is 45.2 Å². The topological polar surface area (TPSA) is 98.8 Å². The first-order valence-electron chi connectivity index (χ1n) is 6.04. The van der Waals surface area contributed by atoms with Crippen LogP contribution >= 0.6 is 0 Å². The summed E-state index contributed by atoms with van der Waals surface area (Å²) in [5.74, 6) is -2.35. The summed E-state index contributed by atoms with van der Waals surface area (Å²) in [5, 5.41) is -0.476. The van der Waals surface area contributed by atoms with Crippen molar-refractivity contribution in [3.05, 3.63) is 30.3 Å². The number of rotatable bonds is 6. The molecule has 0 radical (unpaired) electrons. The molecule has 0 heterocycles. The average Bonchev–Trinajstić information content (AvgIpc) is 2.47. The second-order valence-electron chi connectivity index (χ2n) is 4.17. The Hall–Kier alpha value is -2.09. The molecule has 1 aromatic carbocycles. The summed E-state index contributed by atoms with van der Waals surface area (Å²) < 4.78 is 33.5. The number of carbonyl (C=O) groups excluding carboxylic acids is 2. The quantitative estimate of drug-likeness (QED) is 0.605. The van der Waals surface area contributed by atoms with E-state index in [9.17, 15) is 18.0 Å². The lowest BCUT2D eigenvalue weighted by atomic mass is 10.3. The number of ether oxygens (including phenoxy) is 2. The smallest absolute Gasteiger partial charge is 0.335 e. The van der Waals surface area contributed by atoms with Crippen LogP contribution in [0.4, 0.5) is 5.69 Å². The number of benzene rings is 1. The van der Waals surface area contributed by atoms with Crippen molar-refractivity contribution in [2.45, 2.75) is 17.5 Å². The van der Waals surface area contributed by atoms with Gasteiger partial charge in [-0.15, -0.1) is 0 Å². The number of esters is 2. The van der Waals surface area contributed by atoms with E-state index in [4.69, 9.17) is 0 Å². The van der Waals surface area contributed by atoms with Crippen molar-refractivity contribution in [1.82, 2.24) is 0 Å². The Morgan fingerprint density at radius 2 is 1.52 bits per heavy atom. The second-order valence-corrected chi connectivity index (χ2v) is 6.52. The van der Waals surface area contributed by atoms with Crippen molar-refractivity contribution < 1.29 is 27.5 Å². The SMILES string of the molecule is COC(=O)C(C(=O)OC)S(=O)(=O)C(C)Nc1ccccc1. The second kappa shape index (κ2) is 7.07. The molecule has 1 rings (SSSR count). The number of para-hydroxylation sites is 1. The summed E-state index contributed by atoms with van der Waals surface area (Å²) in [6.45, 7) is 1.33. The number of hydrogen-bond donors (Lipinski definition) is 1. The molecule has 0 aliphatic rings. The molecule has 0 fully saturated rings. The van der Waals surface area contributed by atoms with Gasteiger partial charge in [-0.1, -0.05) is 18.2 Å². The highest BCUT2D eigenvalue weighted by Gasteiger charge is 2.44. The van der Waals surface area contributed by atoms with Crippen LogP contribution in [0.15, 0.2) is 30.3 Å². The fraction of sp³-hybridized carbons (Fsp3) is 0.385. The van der Waals surface area contributed by atoms with E-state index >= 15 is 0 Å². The molecule has 0 spiro atoms. The van der Waals surface area contributed by atoms with Crippen LogP contribution in [0.25, 0.3) is 0 Å². The minimum absolute atomic E-state index is 0.544. The molecule has 1 atom stereocenters. The largest absolute Gasteiger partial charge is 0.468 e. The van der Waals surface area contributed by atoms with Gasteiger partial charge in [0.1, 0.15) is 5.37 Å². The Balaban J connectivity index is 3.05. The van der Waals surface area contributed by atoms with E-state index in [0.29, 0.717) is 5.69 Å². The molecule has 1 N–H and O–H groups in total. The minimum atomic E-state index is -4.18. The third kappa shape index (κ3) is 3.94. The van der Waals surface area contributed by atoms with E-state index < -0.39 is 32.4 Å². The number of hydrogen-bond acceptors (Lipinski definition) is 7. The van der Waals surface area contributed by atoms with E-state index in [1.165, 1.54) is 6.92 Å².